The van der Waals surface area contributed by atoms with Gasteiger partial charge in [0.2, 0.25) is 0 Å². The molecule has 0 aromatic rings. The molecule has 0 N–H and O–H groups in total. The van der Waals surface area contributed by atoms with Crippen LogP contribution in [0.4, 0.5) is 0 Å². The Morgan fingerprint density at radius 3 is 2.00 bits per heavy atom. The minimum Gasteiger partial charge on any atom is -0.465 e. The highest BCUT2D eigenvalue weighted by molar-refractivity contribution is 5.84. The van der Waals surface area contributed by atoms with E-state index >= 15 is 0 Å². The molecule has 118 valence electrons. The van der Waals surface area contributed by atoms with Crippen LogP contribution in [-0.2, 0) is 14.3 Å². The highest BCUT2D eigenvalue weighted by atomic mass is 16.5. The van der Waals surface area contributed by atoms with Gasteiger partial charge >= 0.3 is 5.97 Å². The first-order chi connectivity index (χ1) is 8.91. The van der Waals surface area contributed by atoms with Crippen molar-refractivity contribution in [2.75, 3.05) is 6.61 Å². The highest BCUT2D eigenvalue weighted by Gasteiger charge is 2.22. The molecule has 0 fully saturated rings. The molecule has 0 rings (SSSR count). The zero-order valence-corrected chi connectivity index (χ0v) is 14.3. The van der Waals surface area contributed by atoms with Crippen LogP contribution in [0.3, 0.4) is 0 Å². The molecule has 0 aliphatic heterocycles. The van der Waals surface area contributed by atoms with Gasteiger partial charge in [-0.15, -0.1) is 0 Å². The maximum absolute atomic E-state index is 11.8. The van der Waals surface area contributed by atoms with Gasteiger partial charge in [-0.25, -0.2) is 0 Å². The molecule has 0 bridgehead atoms. The van der Waals surface area contributed by atoms with Gasteiger partial charge in [-0.3, -0.25) is 9.59 Å². The molecule has 3 nitrogen and oxygen atoms in total. The average molecular weight is 284 g/mol. The molecule has 0 amide bonds. The molecule has 0 saturated carbocycles. The van der Waals surface area contributed by atoms with E-state index in [4.69, 9.17) is 4.74 Å². The number of carbonyl (C=O) groups excluding carboxylic acids is 2. The quantitative estimate of drug-likeness (QED) is 0.514. The third-order valence-corrected chi connectivity index (χ3v) is 2.98. The van der Waals surface area contributed by atoms with Gasteiger partial charge in [-0.1, -0.05) is 48.5 Å². The third kappa shape index (κ3) is 11.0. The lowest BCUT2D eigenvalue weighted by atomic mass is 9.87. The summed E-state index contributed by atoms with van der Waals surface area (Å²) in [4.78, 5) is 23.6. The Hall–Kier alpha value is -0.860. The monoisotopic (exact) mass is 284 g/mol. The molecule has 0 radical (unpaired) electrons. The molecular weight excluding hydrogens is 252 g/mol. The first-order valence-corrected chi connectivity index (χ1v) is 7.59. The number of ether oxygens (including phenoxy) is 1. The fourth-order valence-corrected chi connectivity index (χ4v) is 2.01. The number of Topliss-reactive ketones (excluding diaryl/α,β-unsaturated/α-hetero) is 1. The summed E-state index contributed by atoms with van der Waals surface area (Å²) in [6, 6.07) is 0. The number of rotatable bonds is 7. The summed E-state index contributed by atoms with van der Waals surface area (Å²) < 4.78 is 5.24. The number of esters is 1. The van der Waals surface area contributed by atoms with Crippen LogP contribution in [0.15, 0.2) is 0 Å². The van der Waals surface area contributed by atoms with Crippen molar-refractivity contribution in [3.05, 3.63) is 0 Å². The summed E-state index contributed by atoms with van der Waals surface area (Å²) in [6.07, 6.45) is 2.69. The lowest BCUT2D eigenvalue weighted by molar-refractivity contribution is -0.149. The summed E-state index contributed by atoms with van der Waals surface area (Å²) in [5.74, 6) is -0.447. The Balaban J connectivity index is 3.96. The van der Waals surface area contributed by atoms with Gasteiger partial charge in [0.05, 0.1) is 12.5 Å². The van der Waals surface area contributed by atoms with Crippen molar-refractivity contribution in [3.8, 4) is 0 Å². The second kappa shape index (κ2) is 7.80. The predicted molar refractivity (Wildman–Crippen MR) is 82.5 cm³/mol. The number of hydrogen-bond acceptors (Lipinski definition) is 3. The molecule has 0 aromatic carbocycles. The van der Waals surface area contributed by atoms with E-state index in [9.17, 15) is 9.59 Å². The molecule has 0 aliphatic carbocycles. The number of hydrogen-bond donors (Lipinski definition) is 0. The molecule has 0 saturated heterocycles. The SMILES string of the molecule is C[C@H](CC(=O)CC(C)(C)C)C(=O)OCCCC(C)(C)C. The van der Waals surface area contributed by atoms with Crippen molar-refractivity contribution in [2.24, 2.45) is 16.7 Å². The molecule has 0 heterocycles. The molecule has 0 aromatic heterocycles. The van der Waals surface area contributed by atoms with Crippen LogP contribution in [0.2, 0.25) is 0 Å². The van der Waals surface area contributed by atoms with Crippen LogP contribution in [0, 0.1) is 16.7 Å². The van der Waals surface area contributed by atoms with Crippen LogP contribution >= 0.6 is 0 Å². The highest BCUT2D eigenvalue weighted by Crippen LogP contribution is 2.22. The Morgan fingerprint density at radius 1 is 1.00 bits per heavy atom. The van der Waals surface area contributed by atoms with E-state index in [2.05, 4.69) is 20.8 Å². The summed E-state index contributed by atoms with van der Waals surface area (Å²) >= 11 is 0. The zero-order chi connectivity index (χ0) is 16.0. The number of carbonyl (C=O) groups is 2. The minimum absolute atomic E-state index is 0.0204. The Bertz CT molecular complexity index is 318. The summed E-state index contributed by atoms with van der Waals surface area (Å²) in [5, 5.41) is 0. The Labute approximate surface area is 124 Å². The van der Waals surface area contributed by atoms with Gasteiger partial charge in [-0.2, -0.15) is 0 Å². The van der Waals surface area contributed by atoms with E-state index in [1.807, 2.05) is 20.8 Å². The van der Waals surface area contributed by atoms with E-state index < -0.39 is 0 Å². The Kier molecular flexibility index (Phi) is 7.46. The molecule has 0 spiro atoms. The van der Waals surface area contributed by atoms with Crippen molar-refractivity contribution < 1.29 is 14.3 Å². The first kappa shape index (κ1) is 19.1. The third-order valence-electron chi connectivity index (χ3n) is 2.98. The predicted octanol–water partition coefficient (Wildman–Crippen LogP) is 4.39. The second-order valence-corrected chi connectivity index (χ2v) is 8.21. The molecule has 1 atom stereocenters. The molecule has 3 heteroatoms. The zero-order valence-electron chi connectivity index (χ0n) is 14.3. The molecule has 0 unspecified atom stereocenters. The van der Waals surface area contributed by atoms with E-state index in [-0.39, 0.29) is 34.9 Å². The van der Waals surface area contributed by atoms with E-state index in [1.54, 1.807) is 6.92 Å². The summed E-state index contributed by atoms with van der Waals surface area (Å²) in [6.45, 7) is 14.8. The van der Waals surface area contributed by atoms with E-state index in [1.165, 1.54) is 0 Å². The molecule has 0 aliphatic rings. The molecule has 20 heavy (non-hydrogen) atoms. The minimum atomic E-state index is -0.334. The van der Waals surface area contributed by atoms with E-state index in [0.717, 1.165) is 12.8 Å². The largest absolute Gasteiger partial charge is 0.465 e. The van der Waals surface area contributed by atoms with Gasteiger partial charge in [0.15, 0.2) is 0 Å². The maximum atomic E-state index is 11.8. The fourth-order valence-electron chi connectivity index (χ4n) is 2.01. The van der Waals surface area contributed by atoms with Crippen molar-refractivity contribution >= 4 is 11.8 Å². The standard InChI is InChI=1S/C17H32O3/c1-13(11-14(18)12-17(5,6)7)15(19)20-10-8-9-16(2,3)4/h13H,8-12H2,1-7H3/t13-/m1/s1. The topological polar surface area (TPSA) is 43.4 Å². The lowest BCUT2D eigenvalue weighted by Gasteiger charge is -2.19. The second-order valence-electron chi connectivity index (χ2n) is 8.21. The molecular formula is C17H32O3. The van der Waals surface area contributed by atoms with Crippen molar-refractivity contribution in [1.29, 1.82) is 0 Å². The van der Waals surface area contributed by atoms with Gasteiger partial charge in [-0.05, 0) is 23.7 Å². The van der Waals surface area contributed by atoms with Gasteiger partial charge in [0.25, 0.3) is 0 Å². The normalized spacial score (nSPS) is 13.9. The van der Waals surface area contributed by atoms with Crippen LogP contribution in [-0.4, -0.2) is 18.4 Å². The van der Waals surface area contributed by atoms with E-state index in [0.29, 0.717) is 13.0 Å². The van der Waals surface area contributed by atoms with Crippen LogP contribution in [0.5, 0.6) is 0 Å². The van der Waals surface area contributed by atoms with Gasteiger partial charge < -0.3 is 4.74 Å². The lowest BCUT2D eigenvalue weighted by Crippen LogP contribution is -2.21. The summed E-state index contributed by atoms with van der Waals surface area (Å²) in [5.41, 5.74) is 0.244. The van der Waals surface area contributed by atoms with Crippen molar-refractivity contribution in [1.82, 2.24) is 0 Å². The smallest absolute Gasteiger partial charge is 0.309 e. The van der Waals surface area contributed by atoms with Crippen molar-refractivity contribution in [2.45, 2.75) is 74.1 Å². The fraction of sp³-hybridized carbons (Fsp3) is 0.882. The van der Waals surface area contributed by atoms with Crippen molar-refractivity contribution in [3.63, 3.8) is 0 Å². The van der Waals surface area contributed by atoms with Crippen LogP contribution in [0.25, 0.3) is 0 Å². The average Bonchev–Trinajstić information content (AvgIpc) is 2.19. The van der Waals surface area contributed by atoms with Gasteiger partial charge in [0.1, 0.15) is 5.78 Å². The summed E-state index contributed by atoms with van der Waals surface area (Å²) in [7, 11) is 0. The van der Waals surface area contributed by atoms with Crippen LogP contribution < -0.4 is 0 Å². The first-order valence-electron chi connectivity index (χ1n) is 7.59. The maximum Gasteiger partial charge on any atom is 0.309 e. The Morgan fingerprint density at radius 2 is 1.55 bits per heavy atom. The van der Waals surface area contributed by atoms with Gasteiger partial charge in [0, 0.05) is 12.8 Å². The number of ketones is 1. The van der Waals surface area contributed by atoms with Crippen LogP contribution in [0.1, 0.15) is 74.1 Å².